The van der Waals surface area contributed by atoms with Gasteiger partial charge in [0.2, 0.25) is 0 Å². The van der Waals surface area contributed by atoms with Gasteiger partial charge >= 0.3 is 0 Å². The maximum absolute atomic E-state index is 12.3. The van der Waals surface area contributed by atoms with Crippen LogP contribution < -0.4 is 15.4 Å². The summed E-state index contributed by atoms with van der Waals surface area (Å²) in [5, 5.41) is 6.19. The molecule has 0 radical (unpaired) electrons. The average molecular weight is 321 g/mol. The van der Waals surface area contributed by atoms with E-state index in [0.29, 0.717) is 18.7 Å². The summed E-state index contributed by atoms with van der Waals surface area (Å²) in [6.45, 7) is 3.15. The lowest BCUT2D eigenvalue weighted by atomic mass is 10.1. The van der Waals surface area contributed by atoms with E-state index in [9.17, 15) is 4.79 Å². The predicted octanol–water partition coefficient (Wildman–Crippen LogP) is 2.91. The Labute approximate surface area is 141 Å². The minimum atomic E-state index is -0.125. The van der Waals surface area contributed by atoms with E-state index in [1.807, 2.05) is 43.3 Å². The Kier molecular flexibility index (Phi) is 4.91. The smallest absolute Gasteiger partial charge is 0.251 e. The molecule has 2 heterocycles. The number of benzene rings is 1. The van der Waals surface area contributed by atoms with Crippen LogP contribution in [-0.2, 0) is 4.79 Å². The van der Waals surface area contributed by atoms with Crippen LogP contribution in [0.3, 0.4) is 0 Å². The Morgan fingerprint density at radius 3 is 2.96 bits per heavy atom. The van der Waals surface area contributed by atoms with E-state index >= 15 is 0 Å². The number of nitrogens with one attached hydrogen (secondary N) is 2. The number of anilines is 1. The molecule has 0 atom stereocenters. The van der Waals surface area contributed by atoms with Gasteiger partial charge in [0.05, 0.1) is 6.26 Å². The summed E-state index contributed by atoms with van der Waals surface area (Å²) in [6.07, 6.45) is 8.59. The fraction of sp³-hybridized carbons (Fsp3) is 0.158. The molecule has 122 valence electrons. The molecule has 0 saturated heterocycles. The van der Waals surface area contributed by atoms with Crippen molar-refractivity contribution in [1.82, 2.24) is 10.3 Å². The molecule has 0 unspecified atom stereocenters. The number of pyridine rings is 1. The van der Waals surface area contributed by atoms with Crippen molar-refractivity contribution < 1.29 is 9.53 Å². The molecule has 5 heteroatoms. The monoisotopic (exact) mass is 321 g/mol. The fourth-order valence-corrected chi connectivity index (χ4v) is 2.39. The Hall–Kier alpha value is -3.08. The van der Waals surface area contributed by atoms with Crippen LogP contribution in [0.1, 0.15) is 11.1 Å². The number of rotatable bonds is 5. The summed E-state index contributed by atoms with van der Waals surface area (Å²) in [5.74, 6) is 0.617. The summed E-state index contributed by atoms with van der Waals surface area (Å²) in [7, 11) is 0. The third-order valence-corrected chi connectivity index (χ3v) is 3.68. The number of hydrogen-bond donors (Lipinski definition) is 2. The van der Waals surface area contributed by atoms with Gasteiger partial charge in [-0.25, -0.2) is 0 Å². The zero-order valence-corrected chi connectivity index (χ0v) is 13.5. The zero-order chi connectivity index (χ0) is 16.8. The number of fused-ring (bicyclic) bond motifs is 1. The van der Waals surface area contributed by atoms with Gasteiger partial charge in [-0.05, 0) is 36.8 Å². The highest BCUT2D eigenvalue weighted by Crippen LogP contribution is 2.24. The van der Waals surface area contributed by atoms with Crippen molar-refractivity contribution in [2.45, 2.75) is 6.92 Å². The molecule has 1 aliphatic rings. The molecule has 0 spiro atoms. The molecule has 3 rings (SSSR count). The lowest BCUT2D eigenvalue weighted by Gasteiger charge is -2.10. The van der Waals surface area contributed by atoms with Crippen molar-refractivity contribution in [3.8, 4) is 5.75 Å². The Morgan fingerprint density at radius 1 is 1.21 bits per heavy atom. The van der Waals surface area contributed by atoms with E-state index in [0.717, 1.165) is 22.6 Å². The van der Waals surface area contributed by atoms with Gasteiger partial charge in [-0.2, -0.15) is 0 Å². The van der Waals surface area contributed by atoms with Crippen molar-refractivity contribution >= 4 is 17.7 Å². The van der Waals surface area contributed by atoms with Crippen LogP contribution in [0.4, 0.5) is 5.69 Å². The minimum absolute atomic E-state index is 0.125. The van der Waals surface area contributed by atoms with E-state index in [-0.39, 0.29) is 5.91 Å². The van der Waals surface area contributed by atoms with Crippen molar-refractivity contribution in [2.75, 3.05) is 18.4 Å². The van der Waals surface area contributed by atoms with E-state index in [1.165, 1.54) is 6.26 Å². The lowest BCUT2D eigenvalue weighted by molar-refractivity contribution is -0.117. The highest BCUT2D eigenvalue weighted by atomic mass is 16.5. The third kappa shape index (κ3) is 3.81. The number of amides is 1. The summed E-state index contributed by atoms with van der Waals surface area (Å²) in [5.41, 5.74) is 3.56. The summed E-state index contributed by atoms with van der Waals surface area (Å²) >= 11 is 0. The lowest BCUT2D eigenvalue weighted by Crippen LogP contribution is -2.29. The molecule has 1 aromatic heterocycles. The summed E-state index contributed by atoms with van der Waals surface area (Å²) in [4.78, 5) is 16.4. The topological polar surface area (TPSA) is 63.2 Å². The van der Waals surface area contributed by atoms with Gasteiger partial charge in [0.15, 0.2) is 0 Å². The normalized spacial score (nSPS) is 12.5. The molecule has 0 aliphatic carbocycles. The molecule has 2 aromatic rings. The minimum Gasteiger partial charge on any atom is -0.464 e. The molecule has 1 aliphatic heterocycles. The second-order valence-electron chi connectivity index (χ2n) is 5.43. The highest BCUT2D eigenvalue weighted by Gasteiger charge is 2.11. The van der Waals surface area contributed by atoms with Crippen LogP contribution in [0.15, 0.2) is 60.6 Å². The van der Waals surface area contributed by atoms with Crippen molar-refractivity contribution in [3.05, 3.63) is 71.8 Å². The predicted molar refractivity (Wildman–Crippen MR) is 94.7 cm³/mol. The molecular formula is C19H19N3O2. The fourth-order valence-electron chi connectivity index (χ4n) is 2.39. The van der Waals surface area contributed by atoms with Crippen LogP contribution in [0.25, 0.3) is 6.08 Å². The first kappa shape index (κ1) is 15.8. The first-order chi connectivity index (χ1) is 11.7. The Bertz CT molecular complexity index is 797. The van der Waals surface area contributed by atoms with Crippen molar-refractivity contribution in [2.24, 2.45) is 0 Å². The van der Waals surface area contributed by atoms with E-state index in [2.05, 4.69) is 15.6 Å². The number of carbonyl (C=O) groups excluding carboxylic acids is 1. The van der Waals surface area contributed by atoms with Gasteiger partial charge in [-0.15, -0.1) is 0 Å². The number of nitrogens with zero attached hydrogens (tertiary/aromatic N) is 1. The van der Waals surface area contributed by atoms with Gasteiger partial charge < -0.3 is 15.4 Å². The quantitative estimate of drug-likeness (QED) is 0.831. The second kappa shape index (κ2) is 7.46. The van der Waals surface area contributed by atoms with Gasteiger partial charge in [0.25, 0.3) is 5.91 Å². The van der Waals surface area contributed by atoms with Crippen molar-refractivity contribution in [3.63, 3.8) is 0 Å². The summed E-state index contributed by atoms with van der Waals surface area (Å²) in [6, 6.07) is 9.53. The molecule has 5 nitrogen and oxygen atoms in total. The van der Waals surface area contributed by atoms with Gasteiger partial charge in [-0.1, -0.05) is 18.2 Å². The van der Waals surface area contributed by atoms with Crippen molar-refractivity contribution in [1.29, 1.82) is 0 Å². The van der Waals surface area contributed by atoms with Crippen LogP contribution in [0.2, 0.25) is 0 Å². The van der Waals surface area contributed by atoms with Crippen LogP contribution in [0.5, 0.6) is 5.75 Å². The Morgan fingerprint density at radius 2 is 2.08 bits per heavy atom. The van der Waals surface area contributed by atoms with E-state index in [4.69, 9.17) is 4.74 Å². The molecule has 2 N–H and O–H groups in total. The molecule has 0 saturated carbocycles. The maximum atomic E-state index is 12.3. The number of ether oxygens (including phenoxy) is 1. The highest BCUT2D eigenvalue weighted by molar-refractivity contribution is 6.01. The van der Waals surface area contributed by atoms with E-state index < -0.39 is 0 Å². The zero-order valence-electron chi connectivity index (χ0n) is 13.5. The van der Waals surface area contributed by atoms with Crippen LogP contribution >= 0.6 is 0 Å². The maximum Gasteiger partial charge on any atom is 0.251 e. The van der Waals surface area contributed by atoms with E-state index in [1.54, 1.807) is 18.5 Å². The van der Waals surface area contributed by atoms with Gasteiger partial charge in [0, 0.05) is 42.3 Å². The first-order valence-electron chi connectivity index (χ1n) is 7.80. The number of para-hydroxylation sites is 1. The first-order valence-corrected chi connectivity index (χ1v) is 7.80. The number of aromatic nitrogens is 1. The van der Waals surface area contributed by atoms with Gasteiger partial charge in [-0.3, -0.25) is 9.78 Å². The van der Waals surface area contributed by atoms with Crippen LogP contribution in [-0.4, -0.2) is 24.0 Å². The largest absolute Gasteiger partial charge is 0.464 e. The SMILES string of the molecule is Cc1cnccc1NCCNC(=O)C1=Cc2ccccc2OC=C1. The molecule has 0 fully saturated rings. The third-order valence-electron chi connectivity index (χ3n) is 3.68. The molecule has 1 aromatic carbocycles. The molecule has 1 amide bonds. The molecular weight excluding hydrogens is 302 g/mol. The van der Waals surface area contributed by atoms with Gasteiger partial charge in [0.1, 0.15) is 5.75 Å². The summed E-state index contributed by atoms with van der Waals surface area (Å²) < 4.78 is 5.49. The molecule has 0 bridgehead atoms. The number of carbonyl (C=O) groups is 1. The number of hydrogen-bond acceptors (Lipinski definition) is 4. The van der Waals surface area contributed by atoms with Crippen LogP contribution in [0, 0.1) is 6.92 Å². The Balaban J connectivity index is 1.56. The average Bonchev–Trinajstić information content (AvgIpc) is 2.82. The number of aryl methyl sites for hydroxylation is 1. The molecule has 24 heavy (non-hydrogen) atoms. The standard InChI is InChI=1S/C19H19N3O2/c1-14-13-20-8-6-17(14)21-9-10-22-19(23)16-7-11-24-18-5-3-2-4-15(18)12-16/h2-8,11-13H,9-10H2,1H3,(H,20,21)(H,22,23). The second-order valence-corrected chi connectivity index (χ2v) is 5.43.